The van der Waals surface area contributed by atoms with Crippen molar-refractivity contribution in [3.05, 3.63) is 35.4 Å². The molecule has 0 aromatic heterocycles. The summed E-state index contributed by atoms with van der Waals surface area (Å²) >= 11 is 0. The molecule has 0 unspecified atom stereocenters. The summed E-state index contributed by atoms with van der Waals surface area (Å²) in [5.41, 5.74) is 2.12. The first-order valence-corrected chi connectivity index (χ1v) is 10.9. The van der Waals surface area contributed by atoms with Crippen LogP contribution in [0, 0.1) is 17.8 Å². The van der Waals surface area contributed by atoms with E-state index in [9.17, 15) is 14.7 Å². The van der Waals surface area contributed by atoms with Gasteiger partial charge in [0.15, 0.2) is 0 Å². The smallest absolute Gasteiger partial charge is 0.242 e. The van der Waals surface area contributed by atoms with Gasteiger partial charge in [0.05, 0.1) is 25.2 Å². The predicted molar refractivity (Wildman–Crippen MR) is 111 cm³/mol. The van der Waals surface area contributed by atoms with Gasteiger partial charge < -0.3 is 14.9 Å². The molecule has 1 aromatic rings. The van der Waals surface area contributed by atoms with Crippen LogP contribution in [0.2, 0.25) is 0 Å². The van der Waals surface area contributed by atoms with Gasteiger partial charge in [0.25, 0.3) is 0 Å². The Hall–Kier alpha value is -2.32. The Morgan fingerprint density at radius 3 is 2.55 bits per heavy atom. The summed E-state index contributed by atoms with van der Waals surface area (Å²) < 4.78 is 0. The van der Waals surface area contributed by atoms with Crippen LogP contribution in [0.5, 0.6) is 0 Å². The molecule has 154 valence electrons. The highest BCUT2D eigenvalue weighted by Crippen LogP contribution is 2.43. The van der Waals surface area contributed by atoms with Crippen molar-refractivity contribution >= 4 is 11.8 Å². The third kappa shape index (κ3) is 3.91. The van der Waals surface area contributed by atoms with Crippen molar-refractivity contribution in [3.63, 3.8) is 0 Å². The van der Waals surface area contributed by atoms with E-state index in [1.54, 1.807) is 9.80 Å². The Labute approximate surface area is 173 Å². The molecule has 29 heavy (non-hydrogen) atoms. The van der Waals surface area contributed by atoms with E-state index in [4.69, 9.17) is 0 Å². The number of hydrogen-bond donors (Lipinski definition) is 1. The van der Waals surface area contributed by atoms with Crippen LogP contribution in [0.3, 0.4) is 0 Å². The van der Waals surface area contributed by atoms with Crippen molar-refractivity contribution in [2.24, 2.45) is 5.92 Å². The van der Waals surface area contributed by atoms with Gasteiger partial charge in [-0.2, -0.15) is 0 Å². The fourth-order valence-corrected chi connectivity index (χ4v) is 5.13. The van der Waals surface area contributed by atoms with Gasteiger partial charge in [-0.25, -0.2) is 0 Å². The van der Waals surface area contributed by atoms with Gasteiger partial charge in [-0.15, -0.1) is 0 Å². The first kappa shape index (κ1) is 20.0. The standard InChI is InChI=1S/C24H30N2O3/c1-2-22(28)25-14-20-24(21(16-27)26(20)23(29)15-25)19-12-10-18(11-13-19)9-8-17-6-4-3-5-7-17/h10-13,17,20-21,24,27H,2-7,14-16H2,1H3/t20-,21-,24+/m1/s1. The van der Waals surface area contributed by atoms with Gasteiger partial charge in [0, 0.05) is 30.4 Å². The SMILES string of the molecule is CCC(=O)N1CC(=O)N2[C@H](CO)[C@@H](c3ccc(C#CC4CCCCC4)cc3)[C@H]2C1. The molecular formula is C24H30N2O3. The fraction of sp³-hybridized carbons (Fsp3) is 0.583. The number of piperazine rings is 1. The van der Waals surface area contributed by atoms with Gasteiger partial charge in [-0.3, -0.25) is 9.59 Å². The zero-order valence-corrected chi connectivity index (χ0v) is 17.1. The van der Waals surface area contributed by atoms with E-state index in [0.29, 0.717) is 18.9 Å². The Kier molecular flexibility index (Phi) is 5.91. The molecule has 4 rings (SSSR count). The molecule has 1 N–H and O–H groups in total. The van der Waals surface area contributed by atoms with Crippen LogP contribution < -0.4 is 0 Å². The van der Waals surface area contributed by atoms with Crippen LogP contribution in [-0.4, -0.2) is 58.5 Å². The van der Waals surface area contributed by atoms with Crippen molar-refractivity contribution in [2.75, 3.05) is 19.7 Å². The molecule has 3 fully saturated rings. The summed E-state index contributed by atoms with van der Waals surface area (Å²) in [6, 6.07) is 7.97. The Morgan fingerprint density at radius 1 is 1.17 bits per heavy atom. The molecule has 0 radical (unpaired) electrons. The van der Waals surface area contributed by atoms with Crippen LogP contribution in [-0.2, 0) is 9.59 Å². The highest BCUT2D eigenvalue weighted by Gasteiger charge is 2.54. The first-order chi connectivity index (χ1) is 14.1. The van der Waals surface area contributed by atoms with E-state index in [-0.39, 0.29) is 43.0 Å². The van der Waals surface area contributed by atoms with Crippen LogP contribution in [0.25, 0.3) is 0 Å². The lowest BCUT2D eigenvalue weighted by Crippen LogP contribution is -2.73. The first-order valence-electron chi connectivity index (χ1n) is 10.9. The Bertz CT molecular complexity index is 817. The summed E-state index contributed by atoms with van der Waals surface area (Å²) in [7, 11) is 0. The van der Waals surface area contributed by atoms with Crippen molar-refractivity contribution in [1.82, 2.24) is 9.80 Å². The van der Waals surface area contributed by atoms with Gasteiger partial charge in [0.2, 0.25) is 11.8 Å². The van der Waals surface area contributed by atoms with Gasteiger partial charge in [-0.05, 0) is 30.5 Å². The maximum Gasteiger partial charge on any atom is 0.242 e. The van der Waals surface area contributed by atoms with Crippen molar-refractivity contribution in [1.29, 1.82) is 0 Å². The highest BCUT2D eigenvalue weighted by molar-refractivity contribution is 5.87. The van der Waals surface area contributed by atoms with Crippen LogP contribution in [0.15, 0.2) is 24.3 Å². The van der Waals surface area contributed by atoms with Crippen LogP contribution in [0.4, 0.5) is 0 Å². The Morgan fingerprint density at radius 2 is 1.90 bits per heavy atom. The number of hydrogen-bond acceptors (Lipinski definition) is 3. The average molecular weight is 395 g/mol. The molecule has 1 aromatic carbocycles. The number of aliphatic hydroxyl groups is 1. The van der Waals surface area contributed by atoms with Crippen molar-refractivity contribution in [2.45, 2.75) is 63.5 Å². The molecule has 3 atom stereocenters. The fourth-order valence-electron chi connectivity index (χ4n) is 5.13. The lowest BCUT2D eigenvalue weighted by atomic mass is 9.73. The van der Waals surface area contributed by atoms with Crippen molar-refractivity contribution < 1.29 is 14.7 Å². The van der Waals surface area contributed by atoms with Crippen LogP contribution >= 0.6 is 0 Å². The average Bonchev–Trinajstić information content (AvgIpc) is 2.74. The van der Waals surface area contributed by atoms with E-state index < -0.39 is 0 Å². The summed E-state index contributed by atoms with van der Waals surface area (Å²) in [6.45, 7) is 2.43. The van der Waals surface area contributed by atoms with Gasteiger partial charge in [-0.1, -0.05) is 50.2 Å². The second kappa shape index (κ2) is 8.59. The number of carbonyl (C=O) groups excluding carboxylic acids is 2. The second-order valence-electron chi connectivity index (χ2n) is 8.50. The molecule has 5 heteroatoms. The maximum atomic E-state index is 12.5. The lowest BCUT2D eigenvalue weighted by molar-refractivity contribution is -0.166. The largest absolute Gasteiger partial charge is 0.394 e. The molecular weight excluding hydrogens is 364 g/mol. The van der Waals surface area contributed by atoms with E-state index >= 15 is 0 Å². The van der Waals surface area contributed by atoms with Crippen molar-refractivity contribution in [3.8, 4) is 11.8 Å². The zero-order valence-electron chi connectivity index (χ0n) is 17.1. The van der Waals surface area contributed by atoms with Crippen LogP contribution in [0.1, 0.15) is 62.5 Å². The van der Waals surface area contributed by atoms with E-state index in [1.165, 1.54) is 32.1 Å². The van der Waals surface area contributed by atoms with E-state index in [2.05, 4.69) is 24.0 Å². The molecule has 1 aliphatic carbocycles. The monoisotopic (exact) mass is 394 g/mol. The maximum absolute atomic E-state index is 12.5. The Balaban J connectivity index is 1.48. The topological polar surface area (TPSA) is 60.9 Å². The molecule has 0 bridgehead atoms. The normalized spacial score (nSPS) is 27.0. The number of carbonyl (C=O) groups is 2. The highest BCUT2D eigenvalue weighted by atomic mass is 16.3. The molecule has 0 spiro atoms. The summed E-state index contributed by atoms with van der Waals surface area (Å²) in [5, 5.41) is 9.88. The number of benzene rings is 1. The molecule has 2 amide bonds. The number of aliphatic hydroxyl groups excluding tert-OH is 1. The minimum atomic E-state index is -0.203. The molecule has 5 nitrogen and oxygen atoms in total. The summed E-state index contributed by atoms with van der Waals surface area (Å²) in [5.74, 6) is 7.27. The molecule has 2 aliphatic heterocycles. The molecule has 1 saturated carbocycles. The second-order valence-corrected chi connectivity index (χ2v) is 8.50. The zero-order chi connectivity index (χ0) is 20.4. The summed E-state index contributed by atoms with van der Waals surface area (Å²) in [6.07, 6.45) is 6.74. The molecule has 2 heterocycles. The summed E-state index contributed by atoms with van der Waals surface area (Å²) in [4.78, 5) is 28.1. The third-order valence-corrected chi connectivity index (χ3v) is 6.73. The lowest BCUT2D eigenvalue weighted by Gasteiger charge is -2.58. The van der Waals surface area contributed by atoms with Gasteiger partial charge >= 0.3 is 0 Å². The number of rotatable bonds is 3. The molecule has 2 saturated heterocycles. The molecule has 3 aliphatic rings. The quantitative estimate of drug-likeness (QED) is 0.802. The predicted octanol–water partition coefficient (Wildman–Crippen LogP) is 2.53. The number of nitrogens with zero attached hydrogens (tertiary/aromatic N) is 2. The minimum absolute atomic E-state index is 0.0116. The third-order valence-electron chi connectivity index (χ3n) is 6.73. The number of fused-ring (bicyclic) bond motifs is 1. The minimum Gasteiger partial charge on any atom is -0.394 e. The van der Waals surface area contributed by atoms with E-state index in [1.807, 2.05) is 19.1 Å². The van der Waals surface area contributed by atoms with Gasteiger partial charge in [0.1, 0.15) is 0 Å². The number of amides is 2. The van der Waals surface area contributed by atoms with E-state index in [0.717, 1.165) is 11.1 Å².